The van der Waals surface area contributed by atoms with Crippen molar-refractivity contribution in [3.63, 3.8) is 0 Å². The van der Waals surface area contributed by atoms with Crippen LogP contribution in [0.2, 0.25) is 0 Å². The number of carbonyl (C=O) groups is 1. The number of benzene rings is 1. The number of hydrogen-bond acceptors (Lipinski definition) is 3. The van der Waals surface area contributed by atoms with E-state index in [1.54, 1.807) is 12.1 Å². The molecule has 2 rings (SSSR count). The molecule has 12 heavy (non-hydrogen) atoms. The van der Waals surface area contributed by atoms with Gasteiger partial charge in [-0.1, -0.05) is 0 Å². The van der Waals surface area contributed by atoms with Crippen molar-refractivity contribution in [2.45, 2.75) is 6.54 Å². The molecule has 1 heterocycles. The zero-order chi connectivity index (χ0) is 8.55. The van der Waals surface area contributed by atoms with E-state index in [2.05, 4.69) is 5.32 Å². The molecule has 0 saturated heterocycles. The highest BCUT2D eigenvalue weighted by molar-refractivity contribution is 5.73. The van der Waals surface area contributed by atoms with Crippen LogP contribution in [0.3, 0.4) is 0 Å². The quantitative estimate of drug-likeness (QED) is 0.602. The van der Waals surface area contributed by atoms with Gasteiger partial charge in [0.05, 0.1) is 0 Å². The zero-order valence-electron chi connectivity index (χ0n) is 6.20. The lowest BCUT2D eigenvalue weighted by Crippen LogP contribution is -2.30. The van der Waals surface area contributed by atoms with E-state index < -0.39 is 6.09 Å². The number of ether oxygens (including phenoxy) is 1. The summed E-state index contributed by atoms with van der Waals surface area (Å²) < 4.78 is 4.83. The van der Waals surface area contributed by atoms with Gasteiger partial charge in [0, 0.05) is 12.1 Å². The number of fused-ring (bicyclic) bond motifs is 1. The highest BCUT2D eigenvalue weighted by Gasteiger charge is 2.15. The van der Waals surface area contributed by atoms with Crippen molar-refractivity contribution in [2.24, 2.45) is 0 Å². The maximum Gasteiger partial charge on any atom is 0.412 e. The highest BCUT2D eigenvalue weighted by Crippen LogP contribution is 2.25. The first-order valence-electron chi connectivity index (χ1n) is 3.53. The van der Waals surface area contributed by atoms with Gasteiger partial charge < -0.3 is 15.2 Å². The second-order valence-corrected chi connectivity index (χ2v) is 2.54. The Hall–Kier alpha value is -1.71. The van der Waals surface area contributed by atoms with Crippen LogP contribution >= 0.6 is 0 Å². The Balaban J connectivity index is 2.43. The molecule has 0 saturated carbocycles. The number of nitrogens with one attached hydrogen (secondary N) is 1. The molecule has 0 aromatic heterocycles. The smallest absolute Gasteiger partial charge is 0.412 e. The van der Waals surface area contributed by atoms with Gasteiger partial charge in [0.2, 0.25) is 0 Å². The Bertz CT molecular complexity index is 335. The molecule has 1 aliphatic heterocycles. The molecule has 0 fully saturated rings. The summed E-state index contributed by atoms with van der Waals surface area (Å²) in [5.74, 6) is 0.685. The molecule has 0 aliphatic carbocycles. The van der Waals surface area contributed by atoms with Crippen molar-refractivity contribution in [1.29, 1.82) is 0 Å². The number of amides is 1. The number of carbonyl (C=O) groups excluding carboxylic acids is 1. The van der Waals surface area contributed by atoms with E-state index in [1.165, 1.54) is 6.07 Å². The van der Waals surface area contributed by atoms with E-state index in [4.69, 9.17) is 9.84 Å². The SMILES string of the molecule is O=C1NCc2cc(O)ccc2O1. The largest absolute Gasteiger partial charge is 0.508 e. The van der Waals surface area contributed by atoms with Gasteiger partial charge in [-0.05, 0) is 18.2 Å². The van der Waals surface area contributed by atoms with Crippen LogP contribution in [0.25, 0.3) is 0 Å². The molecule has 1 aliphatic rings. The molecule has 4 nitrogen and oxygen atoms in total. The molecule has 1 aromatic rings. The van der Waals surface area contributed by atoms with E-state index in [0.29, 0.717) is 12.3 Å². The van der Waals surface area contributed by atoms with Crippen molar-refractivity contribution in [3.8, 4) is 11.5 Å². The average molecular weight is 165 g/mol. The zero-order valence-corrected chi connectivity index (χ0v) is 6.20. The third-order valence-electron chi connectivity index (χ3n) is 1.67. The van der Waals surface area contributed by atoms with Crippen molar-refractivity contribution < 1.29 is 14.6 Å². The lowest BCUT2D eigenvalue weighted by atomic mass is 10.2. The van der Waals surface area contributed by atoms with Crippen molar-refractivity contribution in [1.82, 2.24) is 5.32 Å². The summed E-state index contributed by atoms with van der Waals surface area (Å²) in [4.78, 5) is 10.7. The summed E-state index contributed by atoms with van der Waals surface area (Å²) in [7, 11) is 0. The lowest BCUT2D eigenvalue weighted by molar-refractivity contribution is 0.194. The third-order valence-corrected chi connectivity index (χ3v) is 1.67. The first kappa shape index (κ1) is 6.97. The van der Waals surface area contributed by atoms with E-state index in [0.717, 1.165) is 5.56 Å². The predicted molar refractivity (Wildman–Crippen MR) is 41.0 cm³/mol. The highest BCUT2D eigenvalue weighted by atomic mass is 16.6. The molecule has 62 valence electrons. The van der Waals surface area contributed by atoms with Crippen molar-refractivity contribution in [3.05, 3.63) is 23.8 Å². The van der Waals surface area contributed by atoms with Crippen LogP contribution in [0.4, 0.5) is 4.79 Å². The number of phenols is 1. The number of hydrogen-bond donors (Lipinski definition) is 2. The fourth-order valence-corrected chi connectivity index (χ4v) is 1.11. The van der Waals surface area contributed by atoms with Gasteiger partial charge in [0.15, 0.2) is 0 Å². The van der Waals surface area contributed by atoms with Crippen LogP contribution in [0.5, 0.6) is 11.5 Å². The predicted octanol–water partition coefficient (Wildman–Crippen LogP) is 0.994. The van der Waals surface area contributed by atoms with Crippen LogP contribution in [-0.2, 0) is 6.54 Å². The number of phenolic OH excluding ortho intramolecular Hbond substituents is 1. The summed E-state index contributed by atoms with van der Waals surface area (Å²) in [5, 5.41) is 11.6. The molecule has 0 spiro atoms. The monoisotopic (exact) mass is 165 g/mol. The maximum atomic E-state index is 10.7. The summed E-state index contributed by atoms with van der Waals surface area (Å²) in [6.45, 7) is 0.405. The van der Waals surface area contributed by atoms with Crippen LogP contribution in [-0.4, -0.2) is 11.2 Å². The van der Waals surface area contributed by atoms with Crippen molar-refractivity contribution >= 4 is 6.09 Å². The summed E-state index contributed by atoms with van der Waals surface area (Å²) >= 11 is 0. The molecule has 0 radical (unpaired) electrons. The first-order chi connectivity index (χ1) is 5.75. The lowest BCUT2D eigenvalue weighted by Gasteiger charge is -2.16. The average Bonchev–Trinajstić information content (AvgIpc) is 2.05. The molecule has 4 heteroatoms. The minimum absolute atomic E-state index is 0.175. The minimum Gasteiger partial charge on any atom is -0.508 e. The fraction of sp³-hybridized carbons (Fsp3) is 0.125. The Morgan fingerprint density at radius 3 is 3.17 bits per heavy atom. The molecule has 1 amide bonds. The molecule has 0 bridgehead atoms. The summed E-state index contributed by atoms with van der Waals surface area (Å²) in [6.07, 6.45) is -0.451. The summed E-state index contributed by atoms with van der Waals surface area (Å²) in [5.41, 5.74) is 0.787. The minimum atomic E-state index is -0.451. The topological polar surface area (TPSA) is 58.6 Å². The maximum absolute atomic E-state index is 10.7. The van der Waals surface area contributed by atoms with Gasteiger partial charge in [0.25, 0.3) is 0 Å². The molecule has 1 aromatic carbocycles. The van der Waals surface area contributed by atoms with Gasteiger partial charge in [-0.15, -0.1) is 0 Å². The third kappa shape index (κ3) is 1.07. The molecule has 0 unspecified atom stereocenters. The Morgan fingerprint density at radius 1 is 1.50 bits per heavy atom. The van der Waals surface area contributed by atoms with E-state index in [-0.39, 0.29) is 5.75 Å². The number of aromatic hydroxyl groups is 1. The van der Waals surface area contributed by atoms with Gasteiger partial charge in [-0.2, -0.15) is 0 Å². The second-order valence-electron chi connectivity index (χ2n) is 2.54. The first-order valence-corrected chi connectivity index (χ1v) is 3.53. The van der Waals surface area contributed by atoms with Crippen molar-refractivity contribution in [2.75, 3.05) is 0 Å². The van der Waals surface area contributed by atoms with Crippen LogP contribution in [0, 0.1) is 0 Å². The summed E-state index contributed by atoms with van der Waals surface area (Å²) in [6, 6.07) is 4.62. The van der Waals surface area contributed by atoms with Gasteiger partial charge in [-0.25, -0.2) is 4.79 Å². The Morgan fingerprint density at radius 2 is 2.33 bits per heavy atom. The second kappa shape index (κ2) is 2.41. The van der Waals surface area contributed by atoms with Crippen LogP contribution in [0.1, 0.15) is 5.56 Å². The van der Waals surface area contributed by atoms with E-state index >= 15 is 0 Å². The molecule has 0 atom stereocenters. The van der Waals surface area contributed by atoms with Crippen LogP contribution in [0.15, 0.2) is 18.2 Å². The Labute approximate surface area is 68.8 Å². The fourth-order valence-electron chi connectivity index (χ4n) is 1.11. The van der Waals surface area contributed by atoms with Gasteiger partial charge in [0.1, 0.15) is 11.5 Å². The standard InChI is InChI=1S/C8H7NO3/c10-6-1-2-7-5(3-6)4-9-8(11)12-7/h1-3,10H,4H2,(H,9,11). The van der Waals surface area contributed by atoms with Crippen LogP contribution < -0.4 is 10.1 Å². The molecular weight excluding hydrogens is 158 g/mol. The normalized spacial score (nSPS) is 14.5. The van der Waals surface area contributed by atoms with Gasteiger partial charge in [-0.3, -0.25) is 0 Å². The molecule has 2 N–H and O–H groups in total. The number of rotatable bonds is 0. The molecular formula is C8H7NO3. The van der Waals surface area contributed by atoms with Gasteiger partial charge >= 0.3 is 6.09 Å². The van der Waals surface area contributed by atoms with E-state index in [9.17, 15) is 4.79 Å². The van der Waals surface area contributed by atoms with E-state index in [1.807, 2.05) is 0 Å². The Kier molecular flexibility index (Phi) is 1.40.